The monoisotopic (exact) mass is 608 g/mol. The lowest BCUT2D eigenvalue weighted by atomic mass is 9.85. The molecule has 1 aliphatic carbocycles. The summed E-state index contributed by atoms with van der Waals surface area (Å²) in [5, 5.41) is 0. The Morgan fingerprint density at radius 2 is 1.16 bits per heavy atom. The molecule has 2 saturated heterocycles. The van der Waals surface area contributed by atoms with Crippen molar-refractivity contribution in [3.8, 4) is 0 Å². The summed E-state index contributed by atoms with van der Waals surface area (Å²) >= 11 is 0. The largest absolute Gasteiger partial charge is 0.377 e. The molecule has 0 N–H and O–H groups in total. The average molecular weight is 608 g/mol. The molecule has 1 saturated carbocycles. The lowest BCUT2D eigenvalue weighted by Gasteiger charge is -2.38. The molecule has 3 fully saturated rings. The maximum atomic E-state index is 6.86. The average Bonchev–Trinajstić information content (AvgIpc) is 3.06. The van der Waals surface area contributed by atoms with Gasteiger partial charge in [0.15, 0.2) is 0 Å². The third-order valence-corrected chi connectivity index (χ3v) is 10.9. The normalized spacial score (nSPS) is 33.9. The smallest absolute Gasteiger partial charge is 0.0625 e. The highest BCUT2D eigenvalue weighted by atomic mass is 16.5. The number of ether oxygens (including phenoxy) is 2. The van der Waals surface area contributed by atoms with Crippen LogP contribution in [-0.4, -0.2) is 49.0 Å². The molecule has 4 aliphatic rings. The van der Waals surface area contributed by atoms with Crippen LogP contribution in [0.1, 0.15) is 161 Å². The predicted octanol–water partition coefficient (Wildman–Crippen LogP) is 11.4. The second-order valence-corrected chi connectivity index (χ2v) is 14.5. The van der Waals surface area contributed by atoms with Gasteiger partial charge >= 0.3 is 0 Å². The van der Waals surface area contributed by atoms with Crippen LogP contribution < -0.4 is 0 Å². The quantitative estimate of drug-likeness (QED) is 0.298. The molecule has 4 atom stereocenters. The maximum Gasteiger partial charge on any atom is 0.0625 e. The van der Waals surface area contributed by atoms with Crippen LogP contribution >= 0.6 is 0 Å². The van der Waals surface area contributed by atoms with Crippen molar-refractivity contribution in [2.45, 2.75) is 185 Å². The number of hydrogen-bond donors (Lipinski definition) is 0. The molecule has 44 heavy (non-hydrogen) atoms. The Morgan fingerprint density at radius 3 is 1.98 bits per heavy atom. The van der Waals surface area contributed by atoms with Gasteiger partial charge in [0.1, 0.15) is 0 Å². The van der Waals surface area contributed by atoms with Gasteiger partial charge in [-0.3, -0.25) is 4.90 Å². The molecule has 0 aromatic rings. The maximum absolute atomic E-state index is 6.86. The van der Waals surface area contributed by atoms with Gasteiger partial charge in [-0.05, 0) is 122 Å². The van der Waals surface area contributed by atoms with E-state index in [1.54, 1.807) is 0 Å². The number of rotatable bonds is 3. The van der Waals surface area contributed by atoms with Gasteiger partial charge in [0, 0.05) is 12.6 Å². The van der Waals surface area contributed by atoms with E-state index in [2.05, 4.69) is 53.5 Å². The van der Waals surface area contributed by atoms with Crippen molar-refractivity contribution in [1.29, 1.82) is 0 Å². The molecular formula is C41H69NO2. The van der Waals surface area contributed by atoms with E-state index in [0.717, 1.165) is 25.4 Å². The predicted molar refractivity (Wildman–Crippen MR) is 189 cm³/mol. The fourth-order valence-corrected chi connectivity index (χ4v) is 8.05. The lowest BCUT2D eigenvalue weighted by Crippen LogP contribution is -2.44. The van der Waals surface area contributed by atoms with E-state index in [4.69, 9.17) is 9.47 Å². The minimum absolute atomic E-state index is 0.443. The van der Waals surface area contributed by atoms with E-state index in [-0.39, 0.29) is 0 Å². The highest BCUT2D eigenvalue weighted by Gasteiger charge is 2.27. The molecule has 3 heterocycles. The van der Waals surface area contributed by atoms with Crippen LogP contribution in [-0.2, 0) is 9.47 Å². The molecule has 1 unspecified atom stereocenters. The highest BCUT2D eigenvalue weighted by Crippen LogP contribution is 2.30. The Morgan fingerprint density at radius 1 is 0.477 bits per heavy atom. The number of fused-ring (bicyclic) bond motifs is 3. The first-order chi connectivity index (χ1) is 21.9. The van der Waals surface area contributed by atoms with Crippen molar-refractivity contribution in [3.63, 3.8) is 0 Å². The first-order valence-electron chi connectivity index (χ1n) is 19.5. The van der Waals surface area contributed by atoms with Crippen LogP contribution in [0.25, 0.3) is 0 Å². The zero-order chi connectivity index (χ0) is 30.3. The molecule has 3 aliphatic heterocycles. The minimum atomic E-state index is 0.443. The van der Waals surface area contributed by atoms with E-state index in [1.807, 2.05) is 0 Å². The summed E-state index contributed by atoms with van der Waals surface area (Å²) in [6.07, 6.45) is 52.5. The van der Waals surface area contributed by atoms with Crippen molar-refractivity contribution in [1.82, 2.24) is 4.90 Å². The van der Waals surface area contributed by atoms with Gasteiger partial charge in [-0.25, -0.2) is 0 Å². The summed E-state index contributed by atoms with van der Waals surface area (Å²) < 4.78 is 13.5. The SMILES string of the molecule is C1=C/C=C/CC[C@@H]2CCCC(CCN3CCCC[C@H]3CO[C@H](CCC3CCCCC3)CCC/C=C/CCCCCC/C=C/1)O2. The fourth-order valence-electron chi connectivity index (χ4n) is 8.05. The number of hydrogen-bond acceptors (Lipinski definition) is 3. The van der Waals surface area contributed by atoms with Crippen LogP contribution in [0.4, 0.5) is 0 Å². The Kier molecular flexibility index (Phi) is 18.8. The molecule has 3 heteroatoms. The minimum Gasteiger partial charge on any atom is -0.377 e. The molecule has 0 amide bonds. The van der Waals surface area contributed by atoms with Crippen LogP contribution in [0.2, 0.25) is 0 Å². The molecule has 0 spiro atoms. The first kappa shape index (κ1) is 35.7. The summed E-state index contributed by atoms with van der Waals surface area (Å²) in [7, 11) is 0. The molecule has 0 radical (unpaired) electrons. The van der Waals surface area contributed by atoms with E-state index >= 15 is 0 Å². The summed E-state index contributed by atoms with van der Waals surface area (Å²) in [6, 6.07) is 0.601. The molecule has 4 rings (SSSR count). The first-order valence-corrected chi connectivity index (χ1v) is 19.5. The van der Waals surface area contributed by atoms with Crippen molar-refractivity contribution in [3.05, 3.63) is 48.6 Å². The van der Waals surface area contributed by atoms with Gasteiger partial charge in [0.25, 0.3) is 0 Å². The highest BCUT2D eigenvalue weighted by molar-refractivity contribution is 5.11. The Labute approximate surface area is 273 Å². The number of piperidine rings is 1. The van der Waals surface area contributed by atoms with Gasteiger partial charge in [-0.1, -0.05) is 100.0 Å². The Balaban J connectivity index is 1.29. The van der Waals surface area contributed by atoms with Gasteiger partial charge in [0.2, 0.25) is 0 Å². The van der Waals surface area contributed by atoms with Gasteiger partial charge < -0.3 is 9.47 Å². The lowest BCUT2D eigenvalue weighted by molar-refractivity contribution is -0.0645. The Bertz CT molecular complexity index is 824. The van der Waals surface area contributed by atoms with Crippen LogP contribution in [0.3, 0.4) is 0 Å². The summed E-state index contributed by atoms with van der Waals surface area (Å²) in [5.74, 6) is 0.955. The molecular weight excluding hydrogens is 538 g/mol. The molecule has 250 valence electrons. The molecule has 0 aromatic heterocycles. The zero-order valence-corrected chi connectivity index (χ0v) is 28.6. The zero-order valence-electron chi connectivity index (χ0n) is 28.6. The topological polar surface area (TPSA) is 21.7 Å². The molecule has 2 bridgehead atoms. The van der Waals surface area contributed by atoms with Crippen LogP contribution in [0.5, 0.6) is 0 Å². The van der Waals surface area contributed by atoms with Crippen molar-refractivity contribution in [2.75, 3.05) is 19.7 Å². The standard InChI is InChI=1S/C41H69NO2/c1-2-4-6-8-10-12-14-19-27-39(32-31-37-24-17-16-18-25-37)43-36-38-26-21-22-34-42(38)35-33-41-30-23-29-40(44-41)28-20-15-13-11-9-7-5-3-1/h5,7,9-13,15,37-41H,1-4,6,8,14,16-36H2/b7-5+,11-9+,12-10+,15-13+/t38-,39-,40+,41?/m0/s1. The number of allylic oxidation sites excluding steroid dienone is 8. The second-order valence-electron chi connectivity index (χ2n) is 14.5. The summed E-state index contributed by atoms with van der Waals surface area (Å²) in [6.45, 7) is 3.37. The third kappa shape index (κ3) is 15.4. The number of nitrogens with zero attached hydrogens (tertiary/aromatic N) is 1. The van der Waals surface area contributed by atoms with E-state index in [9.17, 15) is 0 Å². The van der Waals surface area contributed by atoms with E-state index in [0.29, 0.717) is 24.4 Å². The van der Waals surface area contributed by atoms with Gasteiger partial charge in [-0.2, -0.15) is 0 Å². The third-order valence-electron chi connectivity index (χ3n) is 10.9. The van der Waals surface area contributed by atoms with Crippen LogP contribution in [0, 0.1) is 5.92 Å². The Hall–Kier alpha value is -1.16. The van der Waals surface area contributed by atoms with E-state index < -0.39 is 0 Å². The molecule has 0 aromatic carbocycles. The second kappa shape index (κ2) is 23.2. The molecule has 3 nitrogen and oxygen atoms in total. The van der Waals surface area contributed by atoms with E-state index in [1.165, 1.54) is 161 Å². The fraction of sp³-hybridized carbons (Fsp3) is 0.805. The van der Waals surface area contributed by atoms with Crippen molar-refractivity contribution in [2.24, 2.45) is 5.92 Å². The summed E-state index contributed by atoms with van der Waals surface area (Å²) in [5.41, 5.74) is 0. The van der Waals surface area contributed by atoms with Gasteiger partial charge in [-0.15, -0.1) is 0 Å². The van der Waals surface area contributed by atoms with Crippen LogP contribution in [0.15, 0.2) is 48.6 Å². The van der Waals surface area contributed by atoms with Crippen molar-refractivity contribution >= 4 is 0 Å². The van der Waals surface area contributed by atoms with Gasteiger partial charge in [0.05, 0.1) is 24.9 Å². The summed E-state index contributed by atoms with van der Waals surface area (Å²) in [4.78, 5) is 2.78. The van der Waals surface area contributed by atoms with Crippen molar-refractivity contribution < 1.29 is 9.47 Å².